The van der Waals surface area contributed by atoms with Gasteiger partial charge in [-0.3, -0.25) is 29.1 Å². The van der Waals surface area contributed by atoms with Crippen LogP contribution in [-0.2, 0) is 19.6 Å². The van der Waals surface area contributed by atoms with Crippen molar-refractivity contribution in [3.63, 3.8) is 0 Å². The van der Waals surface area contributed by atoms with E-state index in [9.17, 15) is 19.5 Å². The summed E-state index contributed by atoms with van der Waals surface area (Å²) >= 11 is 0. The van der Waals surface area contributed by atoms with Crippen LogP contribution in [0.1, 0.15) is 206 Å². The topological polar surface area (TPSA) is 215 Å². The molecule has 0 unspecified atom stereocenters. The van der Waals surface area contributed by atoms with Gasteiger partial charge < -0.3 is 48.1 Å². The first-order chi connectivity index (χ1) is 49.8. The monoisotopic (exact) mass is 1410 g/mol. The molecule has 3 amide bonds. The number of hydrogen-bond acceptors (Lipinski definition) is 13. The first-order valence-corrected chi connectivity index (χ1v) is 37.0. The van der Waals surface area contributed by atoms with E-state index in [2.05, 4.69) is 126 Å². The van der Waals surface area contributed by atoms with Gasteiger partial charge in [0.25, 0.3) is 17.7 Å². The van der Waals surface area contributed by atoms with Crippen molar-refractivity contribution in [2.75, 3.05) is 89.5 Å². The maximum Gasteiger partial charge on any atom is 0.255 e. The average molecular weight is 1410 g/mol. The fourth-order valence-corrected chi connectivity index (χ4v) is 9.43. The summed E-state index contributed by atoms with van der Waals surface area (Å²) in [4.78, 5) is 53.5. The van der Waals surface area contributed by atoms with E-state index in [0.717, 1.165) is 99.9 Å². The van der Waals surface area contributed by atoms with E-state index in [1.807, 2.05) is 197 Å². The number of aliphatic hydroxyl groups is 1. The molecule has 0 radical (unpaired) electrons. The maximum atomic E-state index is 12.6. The lowest BCUT2D eigenvalue weighted by atomic mass is 10.1. The van der Waals surface area contributed by atoms with Crippen LogP contribution in [0.3, 0.4) is 0 Å². The number of hydrogen-bond donors (Lipinski definition) is 7. The number of likely N-dealkylation sites (tertiary alicyclic amines) is 2. The number of β-amino-alcohol motifs (C(OH)–C–C–N with tert-alkyl or cyclic N) is 1. The normalized spacial score (nSPS) is 13.9. The Morgan fingerprint density at radius 1 is 0.471 bits per heavy atom. The molecule has 3 saturated heterocycles. The lowest BCUT2D eigenvalue weighted by Gasteiger charge is -2.32. The van der Waals surface area contributed by atoms with E-state index in [4.69, 9.17) is 17.2 Å². The van der Waals surface area contributed by atoms with Crippen molar-refractivity contribution in [2.24, 2.45) is 17.2 Å². The molecule has 0 aliphatic carbocycles. The van der Waals surface area contributed by atoms with Gasteiger partial charge in [0.2, 0.25) is 0 Å². The molecule has 564 valence electrons. The van der Waals surface area contributed by atoms with Gasteiger partial charge in [0.15, 0.2) is 0 Å². The minimum atomic E-state index is -0.226. The van der Waals surface area contributed by atoms with Crippen molar-refractivity contribution in [1.82, 2.24) is 29.5 Å². The number of allylic oxidation sites excluding steroid dienone is 3. The Morgan fingerprint density at radius 3 is 1.25 bits per heavy atom. The van der Waals surface area contributed by atoms with Crippen LogP contribution in [0.2, 0.25) is 0 Å². The van der Waals surface area contributed by atoms with Crippen molar-refractivity contribution in [3.8, 4) is 35.5 Å². The number of nitrogens with zero attached hydrogens (tertiary/aromatic N) is 6. The molecule has 102 heavy (non-hydrogen) atoms. The highest BCUT2D eigenvalue weighted by Gasteiger charge is 2.24. The van der Waals surface area contributed by atoms with Crippen LogP contribution in [0.25, 0.3) is 0 Å². The molecule has 5 aromatic carbocycles. The summed E-state index contributed by atoms with van der Waals surface area (Å²) in [7, 11) is 6.45. The van der Waals surface area contributed by atoms with E-state index in [1.165, 1.54) is 42.2 Å². The first-order valence-electron chi connectivity index (χ1n) is 37.0. The fourth-order valence-electron chi connectivity index (χ4n) is 9.43. The summed E-state index contributed by atoms with van der Waals surface area (Å²) in [6, 6.07) is 42.2. The Kier molecular flexibility index (Phi) is 60.7. The summed E-state index contributed by atoms with van der Waals surface area (Å²) < 4.78 is 0. The number of nitrogens with one attached hydrogen (secondary N) is 3. The van der Waals surface area contributed by atoms with Gasteiger partial charge in [-0.1, -0.05) is 203 Å². The number of likely N-dealkylation sites (N-methyl/N-ethyl adjacent to an activating group) is 2. The number of carbonyl (C=O) groups excluding carboxylic acids is 3. The van der Waals surface area contributed by atoms with Gasteiger partial charge >= 0.3 is 0 Å². The summed E-state index contributed by atoms with van der Waals surface area (Å²) in [5.41, 5.74) is 25.5. The molecule has 3 fully saturated rings. The van der Waals surface area contributed by atoms with Crippen LogP contribution in [0.15, 0.2) is 176 Å². The van der Waals surface area contributed by atoms with Crippen LogP contribution in [0.4, 0.5) is 17.1 Å². The molecule has 2 atom stereocenters. The van der Waals surface area contributed by atoms with Crippen molar-refractivity contribution >= 4 is 34.8 Å². The zero-order valence-corrected chi connectivity index (χ0v) is 66.2. The Bertz CT molecular complexity index is 3430. The van der Waals surface area contributed by atoms with Gasteiger partial charge in [-0.2, -0.15) is 0 Å². The zero-order valence-electron chi connectivity index (χ0n) is 66.2. The van der Waals surface area contributed by atoms with Gasteiger partial charge in [0.1, 0.15) is 5.69 Å². The lowest BCUT2D eigenvalue weighted by Crippen LogP contribution is -2.43. The number of anilines is 3. The van der Waals surface area contributed by atoms with Crippen molar-refractivity contribution in [2.45, 2.75) is 169 Å². The highest BCUT2D eigenvalue weighted by atomic mass is 16.3. The van der Waals surface area contributed by atoms with Crippen LogP contribution in [-0.4, -0.2) is 138 Å². The molecule has 3 aliphatic heterocycles. The minimum absolute atomic E-state index is 0. The third-order valence-corrected chi connectivity index (χ3v) is 14.1. The number of aliphatic hydroxyl groups excluding tert-OH is 1. The third kappa shape index (κ3) is 40.8. The number of amides is 3. The van der Waals surface area contributed by atoms with E-state index >= 15 is 0 Å². The number of nitrogens with two attached hydrogens (primary N) is 3. The smallest absolute Gasteiger partial charge is 0.255 e. The Labute approximate surface area is 623 Å². The van der Waals surface area contributed by atoms with Gasteiger partial charge in [-0.25, -0.2) is 4.98 Å². The number of aromatic nitrogens is 1. The molecule has 16 nitrogen and oxygen atoms in total. The van der Waals surface area contributed by atoms with Crippen molar-refractivity contribution in [3.05, 3.63) is 227 Å². The SMILES string of the molecule is CC.CC.CC.CC.CC.CC.CC.CC.CC.CN(C)[C@@H]1CCN(Cc2ccc(NC(=O)c3cccc(C#C/C=C/N)c3)cc2)C1.CN1CCN(Cc2ccc(NC(=O)c3cccc(C#C/C=C/N)c3)cc2)CC1.N/C=C/C#Cc1cc(NC(=O)c2ccc(CN3CC[C@@H](O)C3)cc2)ccn1.[3HH].[3HH].[3HH]. The number of rotatable bonds is 13. The highest BCUT2D eigenvalue weighted by Crippen LogP contribution is 2.21. The van der Waals surface area contributed by atoms with E-state index < -0.39 is 0 Å². The van der Waals surface area contributed by atoms with Crippen LogP contribution >= 0.6 is 0 Å². The molecular weight excluding hydrogens is 1270 g/mol. The van der Waals surface area contributed by atoms with E-state index in [0.29, 0.717) is 40.7 Å². The standard InChI is InChI=1S/C24H28N4O.C23H26N4O.C21H22N4O2.9C2H6.3H2/c1-27(2)23-13-15-28(18-23)17-20-9-11-22(12-10-20)26-24(29)21-8-5-7-19(16-21)6-3-4-14-25;1-26-13-15-27(16-14-26)18-20-8-10-22(11-9-20)25-23(28)21-7-4-6-19(17-21)5-2-3-12-24;22-10-2-1-3-18-13-19(8-11-23-18)24-21(27)17-6-4-16(5-7-17)14-25-12-9-20(26)15-25;9*1-2;;;/h4-5,7-12,14,16,23H,13,15,17-18,25H2,1-2H3,(H,26,29);3-4,6-12,17H,13-16,18,24H2,1H3,(H,25,28);2,4-8,10-11,13,20,26H,9,12,14-15,22H2,(H,23,24,27);9*1-2H3;3*1H/b14-4+;12-3+;10-2+;;;;;;;;;;;;/t23-;;20-;;;;;;;;;;;;/m1.1............/s1/i;;;;;;;;;;;;3*1+2. The van der Waals surface area contributed by atoms with E-state index in [-0.39, 0.29) is 28.1 Å². The molecule has 0 bridgehead atoms. The molecule has 3 aliphatic rings. The summed E-state index contributed by atoms with van der Waals surface area (Å²) in [6.07, 6.45) is 12.2. The predicted octanol–water partition coefficient (Wildman–Crippen LogP) is 17.1. The Morgan fingerprint density at radius 2 is 0.853 bits per heavy atom. The quantitative estimate of drug-likeness (QED) is 0.0537. The van der Waals surface area contributed by atoms with Gasteiger partial charge in [-0.05, 0) is 142 Å². The minimum Gasteiger partial charge on any atom is -0.404 e. The predicted molar refractivity (Wildman–Crippen MR) is 445 cm³/mol. The van der Waals surface area contributed by atoms with Crippen LogP contribution < -0.4 is 33.2 Å². The second-order valence-corrected chi connectivity index (χ2v) is 20.8. The maximum absolute atomic E-state index is 12.6. The molecule has 16 heteroatoms. The molecule has 10 N–H and O–H groups in total. The molecule has 6 aromatic rings. The molecule has 4 heterocycles. The summed E-state index contributed by atoms with van der Waals surface area (Å²) in [5.74, 6) is 16.6. The van der Waals surface area contributed by atoms with Gasteiger partial charge in [-0.15, -0.1) is 0 Å². The van der Waals surface area contributed by atoms with E-state index in [1.54, 1.807) is 54.7 Å². The summed E-state index contributed by atoms with van der Waals surface area (Å²) in [5, 5.41) is 18.4. The second kappa shape index (κ2) is 63.9. The second-order valence-electron chi connectivity index (χ2n) is 20.8. The molecule has 1 aromatic heterocycles. The first kappa shape index (κ1) is 96.9. The Hall–Kier alpha value is -9.28. The third-order valence-electron chi connectivity index (χ3n) is 14.1. The molecule has 0 saturated carbocycles. The van der Waals surface area contributed by atoms with Gasteiger partial charge in [0, 0.05) is 170 Å². The lowest BCUT2D eigenvalue weighted by molar-refractivity contribution is 0.101. The number of carbonyl (C=O) groups is 3. The summed E-state index contributed by atoms with van der Waals surface area (Å²) in [6.45, 7) is 46.9. The average Bonchev–Trinajstić information content (AvgIpc) is 0.979. The molecular formula is C86H136N12O4. The number of pyridine rings is 1. The van der Waals surface area contributed by atoms with Crippen LogP contribution in [0, 0.1) is 35.5 Å². The zero-order chi connectivity index (χ0) is 77.5. The molecule has 0 spiro atoms. The fraction of sp³-hybridized carbons (Fsp3) is 0.419. The van der Waals surface area contributed by atoms with Crippen LogP contribution in [0.5, 0.6) is 0 Å². The van der Waals surface area contributed by atoms with Crippen molar-refractivity contribution < 1.29 is 23.8 Å². The highest BCUT2D eigenvalue weighted by molar-refractivity contribution is 6.05. The van der Waals surface area contributed by atoms with Crippen molar-refractivity contribution in [1.29, 1.82) is 0 Å². The number of benzene rings is 5. The molecule has 9 rings (SSSR count). The Balaban J connectivity index is -0.000000311. The largest absolute Gasteiger partial charge is 0.404 e. The van der Waals surface area contributed by atoms with Gasteiger partial charge in [0.05, 0.1) is 6.10 Å². The number of piperazine rings is 1.